The van der Waals surface area contributed by atoms with Gasteiger partial charge in [-0.15, -0.1) is 0 Å². The zero-order valence-electron chi connectivity index (χ0n) is 9.16. The summed E-state index contributed by atoms with van der Waals surface area (Å²) in [6.45, 7) is 7.82. The van der Waals surface area contributed by atoms with Gasteiger partial charge in [0.2, 0.25) is 0 Å². The van der Waals surface area contributed by atoms with Crippen LogP contribution in [-0.2, 0) is 4.79 Å². The summed E-state index contributed by atoms with van der Waals surface area (Å²) in [5.41, 5.74) is 3.56. The van der Waals surface area contributed by atoms with Crippen LogP contribution in [0.2, 0.25) is 0 Å². The monoisotopic (exact) mass is 204 g/mol. The van der Waals surface area contributed by atoms with Crippen LogP contribution in [0.5, 0.6) is 0 Å². The largest absolute Gasteiger partial charge is 0.481 e. The standard InChI is InChI=1S/C13H16O2/c1-4-9-8(5-7(2)3)6-10-11(9)12(10)13(14)15/h4-5,10-12H,2,6H2,1,3H3,(H,14,15)/b8-5-,9-4+. The van der Waals surface area contributed by atoms with E-state index in [1.54, 1.807) is 0 Å². The van der Waals surface area contributed by atoms with E-state index < -0.39 is 5.97 Å². The maximum absolute atomic E-state index is 10.9. The van der Waals surface area contributed by atoms with Crippen LogP contribution in [0.3, 0.4) is 0 Å². The highest BCUT2D eigenvalue weighted by Crippen LogP contribution is 2.62. The van der Waals surface area contributed by atoms with Gasteiger partial charge in [-0.25, -0.2) is 0 Å². The fourth-order valence-electron chi connectivity index (χ4n) is 2.79. The first-order chi connectivity index (χ1) is 7.06. The number of carboxylic acid groups (broad SMARTS) is 1. The normalized spacial score (nSPS) is 38.1. The lowest BCUT2D eigenvalue weighted by Crippen LogP contribution is -2.05. The molecule has 0 aliphatic heterocycles. The highest BCUT2D eigenvalue weighted by molar-refractivity contribution is 5.77. The Kier molecular flexibility index (Phi) is 2.29. The molecule has 0 spiro atoms. The smallest absolute Gasteiger partial charge is 0.307 e. The fraction of sp³-hybridized carbons (Fsp3) is 0.462. The van der Waals surface area contributed by atoms with Crippen molar-refractivity contribution in [2.24, 2.45) is 17.8 Å². The van der Waals surface area contributed by atoms with E-state index in [2.05, 4.69) is 18.7 Å². The molecule has 2 rings (SSSR count). The van der Waals surface area contributed by atoms with Gasteiger partial charge in [0.15, 0.2) is 0 Å². The third kappa shape index (κ3) is 1.54. The molecule has 0 heterocycles. The molecule has 15 heavy (non-hydrogen) atoms. The van der Waals surface area contributed by atoms with Crippen LogP contribution in [0.25, 0.3) is 0 Å². The molecule has 2 aliphatic carbocycles. The molecular weight excluding hydrogens is 188 g/mol. The summed E-state index contributed by atoms with van der Waals surface area (Å²) in [4.78, 5) is 10.9. The van der Waals surface area contributed by atoms with Crippen molar-refractivity contribution >= 4 is 5.97 Å². The van der Waals surface area contributed by atoms with Gasteiger partial charge in [-0.05, 0) is 37.3 Å². The van der Waals surface area contributed by atoms with Gasteiger partial charge in [-0.3, -0.25) is 4.79 Å². The lowest BCUT2D eigenvalue weighted by molar-refractivity contribution is -0.139. The quantitative estimate of drug-likeness (QED) is 0.751. The second-order valence-electron chi connectivity index (χ2n) is 4.52. The summed E-state index contributed by atoms with van der Waals surface area (Å²) in [7, 11) is 0. The third-order valence-electron chi connectivity index (χ3n) is 3.37. The van der Waals surface area contributed by atoms with E-state index in [-0.39, 0.29) is 11.8 Å². The van der Waals surface area contributed by atoms with Crippen molar-refractivity contribution in [1.82, 2.24) is 0 Å². The van der Waals surface area contributed by atoms with E-state index >= 15 is 0 Å². The van der Waals surface area contributed by atoms with E-state index in [1.165, 1.54) is 11.1 Å². The number of fused-ring (bicyclic) bond motifs is 1. The maximum Gasteiger partial charge on any atom is 0.307 e. The van der Waals surface area contributed by atoms with Gasteiger partial charge in [0.1, 0.15) is 0 Å². The first kappa shape index (κ1) is 10.2. The molecular formula is C13H16O2. The summed E-state index contributed by atoms with van der Waals surface area (Å²) < 4.78 is 0. The van der Waals surface area contributed by atoms with Gasteiger partial charge in [-0.1, -0.05) is 24.3 Å². The molecule has 0 aromatic rings. The van der Waals surface area contributed by atoms with Crippen LogP contribution in [-0.4, -0.2) is 11.1 Å². The number of hydrogen-bond acceptors (Lipinski definition) is 1. The Hall–Kier alpha value is -1.31. The van der Waals surface area contributed by atoms with Gasteiger partial charge in [0.05, 0.1) is 5.92 Å². The third-order valence-corrected chi connectivity index (χ3v) is 3.37. The summed E-state index contributed by atoms with van der Waals surface area (Å²) in [5.74, 6) is -0.144. The maximum atomic E-state index is 10.9. The summed E-state index contributed by atoms with van der Waals surface area (Å²) in [5, 5.41) is 8.98. The minimum Gasteiger partial charge on any atom is -0.481 e. The summed E-state index contributed by atoms with van der Waals surface area (Å²) in [6.07, 6.45) is 5.05. The van der Waals surface area contributed by atoms with E-state index in [9.17, 15) is 4.79 Å². The predicted molar refractivity (Wildman–Crippen MR) is 59.4 cm³/mol. The average Bonchev–Trinajstić information content (AvgIpc) is 2.70. The average molecular weight is 204 g/mol. The van der Waals surface area contributed by atoms with Crippen LogP contribution in [0.15, 0.2) is 35.5 Å². The van der Waals surface area contributed by atoms with E-state index in [1.807, 2.05) is 13.8 Å². The zero-order valence-corrected chi connectivity index (χ0v) is 9.16. The van der Waals surface area contributed by atoms with Crippen molar-refractivity contribution in [3.05, 3.63) is 35.5 Å². The summed E-state index contributed by atoms with van der Waals surface area (Å²) in [6, 6.07) is 0. The SMILES string of the molecule is C=C(C)/C=C1/CC2C(C(=O)O)C2/C1=C/C. The minimum atomic E-state index is -0.640. The molecule has 3 unspecified atom stereocenters. The van der Waals surface area contributed by atoms with Crippen molar-refractivity contribution < 1.29 is 9.90 Å². The number of carboxylic acids is 1. The number of carbonyl (C=O) groups is 1. The molecule has 0 radical (unpaired) electrons. The number of hydrogen-bond donors (Lipinski definition) is 1. The van der Waals surface area contributed by atoms with Crippen molar-refractivity contribution in [2.75, 3.05) is 0 Å². The Morgan fingerprint density at radius 3 is 2.73 bits per heavy atom. The Morgan fingerprint density at radius 1 is 1.60 bits per heavy atom. The number of rotatable bonds is 2. The van der Waals surface area contributed by atoms with Gasteiger partial charge < -0.3 is 5.11 Å². The molecule has 3 atom stereocenters. The zero-order chi connectivity index (χ0) is 11.2. The molecule has 0 bridgehead atoms. The molecule has 2 aliphatic rings. The van der Waals surface area contributed by atoms with Gasteiger partial charge in [0, 0.05) is 5.92 Å². The van der Waals surface area contributed by atoms with E-state index in [0.717, 1.165) is 12.0 Å². The molecule has 0 saturated heterocycles. The van der Waals surface area contributed by atoms with E-state index in [4.69, 9.17) is 5.11 Å². The molecule has 2 nitrogen and oxygen atoms in total. The summed E-state index contributed by atoms with van der Waals surface area (Å²) >= 11 is 0. The van der Waals surface area contributed by atoms with Crippen LogP contribution in [0, 0.1) is 17.8 Å². The van der Waals surface area contributed by atoms with Crippen LogP contribution < -0.4 is 0 Å². The molecule has 2 fully saturated rings. The Morgan fingerprint density at radius 2 is 2.27 bits per heavy atom. The second kappa shape index (κ2) is 3.37. The highest BCUT2D eigenvalue weighted by Gasteiger charge is 2.60. The topological polar surface area (TPSA) is 37.3 Å². The van der Waals surface area contributed by atoms with Gasteiger partial charge in [0.25, 0.3) is 0 Å². The van der Waals surface area contributed by atoms with Crippen molar-refractivity contribution in [1.29, 1.82) is 0 Å². The molecule has 2 saturated carbocycles. The number of aliphatic carboxylic acids is 1. The van der Waals surface area contributed by atoms with Crippen molar-refractivity contribution in [2.45, 2.75) is 20.3 Å². The second-order valence-corrected chi connectivity index (χ2v) is 4.52. The molecule has 80 valence electrons. The van der Waals surface area contributed by atoms with Gasteiger partial charge in [-0.2, -0.15) is 0 Å². The lowest BCUT2D eigenvalue weighted by Gasteiger charge is -2.07. The Bertz CT molecular complexity index is 387. The number of allylic oxidation sites excluding steroid dienone is 5. The van der Waals surface area contributed by atoms with E-state index in [0.29, 0.717) is 5.92 Å². The molecule has 0 aromatic heterocycles. The lowest BCUT2D eigenvalue weighted by atomic mass is 9.99. The molecule has 1 N–H and O–H groups in total. The van der Waals surface area contributed by atoms with Gasteiger partial charge >= 0.3 is 5.97 Å². The first-order valence-corrected chi connectivity index (χ1v) is 5.31. The van der Waals surface area contributed by atoms with Crippen molar-refractivity contribution in [3.8, 4) is 0 Å². The predicted octanol–water partition coefficient (Wildman–Crippen LogP) is 2.79. The Balaban J connectivity index is 2.21. The minimum absolute atomic E-state index is 0.126. The molecule has 0 amide bonds. The molecule has 2 heteroatoms. The van der Waals surface area contributed by atoms with Crippen LogP contribution in [0.4, 0.5) is 0 Å². The highest BCUT2D eigenvalue weighted by atomic mass is 16.4. The van der Waals surface area contributed by atoms with Crippen LogP contribution >= 0.6 is 0 Å². The first-order valence-electron chi connectivity index (χ1n) is 5.31. The molecule has 0 aromatic carbocycles. The fourth-order valence-corrected chi connectivity index (χ4v) is 2.79. The van der Waals surface area contributed by atoms with Crippen molar-refractivity contribution in [3.63, 3.8) is 0 Å². The Labute approximate surface area is 90.0 Å². The van der Waals surface area contributed by atoms with Crippen LogP contribution in [0.1, 0.15) is 20.3 Å².